The Kier molecular flexibility index (Phi) is 3.72. The Morgan fingerprint density at radius 3 is 2.60 bits per heavy atom. The van der Waals surface area contributed by atoms with Crippen molar-refractivity contribution in [2.45, 2.75) is 19.9 Å². The number of benzene rings is 2. The van der Waals surface area contributed by atoms with Gasteiger partial charge in [0, 0.05) is 18.1 Å². The number of hydrogen-bond donors (Lipinski definition) is 0. The molecule has 0 bridgehead atoms. The molecule has 4 rings (SSSR count). The third kappa shape index (κ3) is 2.76. The molecule has 3 aromatic rings. The first-order valence-corrected chi connectivity index (χ1v) is 8.09. The van der Waals surface area contributed by atoms with E-state index in [-0.39, 0.29) is 11.9 Å². The standard InChI is InChI=1S/C19H17N3O3/c1-12-11-24-17-6-4-3-5-16(17)22(12)19(23)15-9-7-14(8-10-15)18-21-20-13(2)25-18/h3-10,12H,11H2,1-2H3/t12-/m1/s1. The van der Waals surface area contributed by atoms with E-state index in [2.05, 4.69) is 10.2 Å². The molecule has 1 aliphatic rings. The first kappa shape index (κ1) is 15.4. The molecular weight excluding hydrogens is 318 g/mol. The first-order valence-electron chi connectivity index (χ1n) is 8.09. The largest absolute Gasteiger partial charge is 0.489 e. The highest BCUT2D eigenvalue weighted by Gasteiger charge is 2.30. The lowest BCUT2D eigenvalue weighted by atomic mass is 10.1. The van der Waals surface area contributed by atoms with Gasteiger partial charge in [0.15, 0.2) is 0 Å². The molecule has 1 aliphatic heterocycles. The van der Waals surface area contributed by atoms with Gasteiger partial charge < -0.3 is 9.15 Å². The molecule has 2 aromatic carbocycles. The Morgan fingerprint density at radius 1 is 1.12 bits per heavy atom. The Morgan fingerprint density at radius 2 is 1.88 bits per heavy atom. The van der Waals surface area contributed by atoms with Crippen molar-refractivity contribution in [1.29, 1.82) is 0 Å². The van der Waals surface area contributed by atoms with Crippen molar-refractivity contribution in [2.24, 2.45) is 0 Å². The molecule has 0 fully saturated rings. The molecule has 1 atom stereocenters. The van der Waals surface area contributed by atoms with E-state index in [4.69, 9.17) is 9.15 Å². The smallest absolute Gasteiger partial charge is 0.258 e. The fourth-order valence-corrected chi connectivity index (χ4v) is 2.92. The van der Waals surface area contributed by atoms with Gasteiger partial charge in [-0.1, -0.05) is 12.1 Å². The van der Waals surface area contributed by atoms with E-state index < -0.39 is 0 Å². The zero-order chi connectivity index (χ0) is 17.4. The number of nitrogens with zero attached hydrogens (tertiary/aromatic N) is 3. The fraction of sp³-hybridized carbons (Fsp3) is 0.211. The van der Waals surface area contributed by atoms with Gasteiger partial charge in [-0.2, -0.15) is 0 Å². The fourth-order valence-electron chi connectivity index (χ4n) is 2.92. The molecule has 0 unspecified atom stereocenters. The van der Waals surface area contributed by atoms with E-state index >= 15 is 0 Å². The summed E-state index contributed by atoms with van der Waals surface area (Å²) in [6, 6.07) is 14.7. The van der Waals surface area contributed by atoms with Crippen LogP contribution in [-0.4, -0.2) is 28.8 Å². The van der Waals surface area contributed by atoms with Crippen LogP contribution in [-0.2, 0) is 0 Å². The van der Waals surface area contributed by atoms with E-state index in [0.717, 1.165) is 17.0 Å². The quantitative estimate of drug-likeness (QED) is 0.717. The molecule has 6 heteroatoms. The molecule has 6 nitrogen and oxygen atoms in total. The molecule has 1 aromatic heterocycles. The third-order valence-electron chi connectivity index (χ3n) is 4.17. The molecule has 25 heavy (non-hydrogen) atoms. The van der Waals surface area contributed by atoms with Crippen molar-refractivity contribution in [3.05, 3.63) is 60.0 Å². The Balaban J connectivity index is 1.65. The van der Waals surface area contributed by atoms with E-state index in [1.54, 1.807) is 24.0 Å². The average Bonchev–Trinajstić information content (AvgIpc) is 3.08. The van der Waals surface area contributed by atoms with Crippen LogP contribution in [0.4, 0.5) is 5.69 Å². The minimum Gasteiger partial charge on any atom is -0.489 e. The summed E-state index contributed by atoms with van der Waals surface area (Å²) in [6.07, 6.45) is 0. The Hall–Kier alpha value is -3.15. The SMILES string of the molecule is Cc1nnc(-c2ccc(C(=O)N3c4ccccc4OC[C@H]3C)cc2)o1. The van der Waals surface area contributed by atoms with Crippen LogP contribution in [0, 0.1) is 6.92 Å². The van der Waals surface area contributed by atoms with Crippen molar-refractivity contribution < 1.29 is 13.9 Å². The summed E-state index contributed by atoms with van der Waals surface area (Å²) in [5.41, 5.74) is 2.18. The van der Waals surface area contributed by atoms with Gasteiger partial charge in [-0.3, -0.25) is 9.69 Å². The van der Waals surface area contributed by atoms with E-state index in [1.807, 2.05) is 43.3 Å². The molecule has 0 saturated heterocycles. The van der Waals surface area contributed by atoms with E-state index in [1.165, 1.54) is 0 Å². The molecule has 0 saturated carbocycles. The lowest BCUT2D eigenvalue weighted by molar-refractivity contribution is 0.0961. The van der Waals surface area contributed by atoms with Gasteiger partial charge in [0.1, 0.15) is 12.4 Å². The van der Waals surface area contributed by atoms with Crippen LogP contribution in [0.15, 0.2) is 52.9 Å². The number of hydrogen-bond acceptors (Lipinski definition) is 5. The topological polar surface area (TPSA) is 68.5 Å². The Labute approximate surface area is 145 Å². The second-order valence-electron chi connectivity index (χ2n) is 6.01. The highest BCUT2D eigenvalue weighted by molar-refractivity contribution is 6.07. The highest BCUT2D eigenvalue weighted by Crippen LogP contribution is 2.34. The van der Waals surface area contributed by atoms with Crippen LogP contribution >= 0.6 is 0 Å². The van der Waals surface area contributed by atoms with Crippen molar-refractivity contribution in [3.8, 4) is 17.2 Å². The van der Waals surface area contributed by atoms with E-state index in [9.17, 15) is 4.79 Å². The lowest BCUT2D eigenvalue weighted by Gasteiger charge is -2.35. The zero-order valence-corrected chi connectivity index (χ0v) is 14.0. The summed E-state index contributed by atoms with van der Waals surface area (Å²) in [5.74, 6) is 1.62. The molecule has 0 N–H and O–H groups in total. The normalized spacial score (nSPS) is 16.2. The molecule has 0 radical (unpaired) electrons. The van der Waals surface area contributed by atoms with Crippen molar-refractivity contribution in [1.82, 2.24) is 10.2 Å². The van der Waals surface area contributed by atoms with Gasteiger partial charge in [0.2, 0.25) is 11.8 Å². The van der Waals surface area contributed by atoms with Gasteiger partial charge in [-0.15, -0.1) is 10.2 Å². The van der Waals surface area contributed by atoms with Crippen LogP contribution in [0.3, 0.4) is 0 Å². The van der Waals surface area contributed by atoms with Crippen LogP contribution < -0.4 is 9.64 Å². The molecule has 2 heterocycles. The molecule has 1 amide bonds. The summed E-state index contributed by atoms with van der Waals surface area (Å²) in [6.45, 7) is 4.19. The number of carbonyl (C=O) groups excluding carboxylic acids is 1. The third-order valence-corrected chi connectivity index (χ3v) is 4.17. The summed E-state index contributed by atoms with van der Waals surface area (Å²) < 4.78 is 11.1. The van der Waals surface area contributed by atoms with Crippen LogP contribution in [0.2, 0.25) is 0 Å². The number of fused-ring (bicyclic) bond motifs is 1. The number of ether oxygens (including phenoxy) is 1. The number of aromatic nitrogens is 2. The predicted molar refractivity (Wildman–Crippen MR) is 92.7 cm³/mol. The minimum atomic E-state index is -0.0588. The summed E-state index contributed by atoms with van der Waals surface area (Å²) >= 11 is 0. The molecular formula is C19H17N3O3. The van der Waals surface area contributed by atoms with E-state index in [0.29, 0.717) is 24.0 Å². The van der Waals surface area contributed by atoms with Crippen LogP contribution in [0.1, 0.15) is 23.2 Å². The molecule has 126 valence electrons. The maximum Gasteiger partial charge on any atom is 0.258 e. The zero-order valence-electron chi connectivity index (χ0n) is 14.0. The summed E-state index contributed by atoms with van der Waals surface area (Å²) in [7, 11) is 0. The molecule has 0 spiro atoms. The second kappa shape index (κ2) is 6.05. The minimum absolute atomic E-state index is 0.0410. The first-order chi connectivity index (χ1) is 12.1. The van der Waals surface area contributed by atoms with Gasteiger partial charge >= 0.3 is 0 Å². The number of anilines is 1. The predicted octanol–water partition coefficient (Wildman–Crippen LogP) is 3.47. The van der Waals surface area contributed by atoms with Crippen LogP contribution in [0.25, 0.3) is 11.5 Å². The Bertz CT molecular complexity index is 918. The van der Waals surface area contributed by atoms with Crippen molar-refractivity contribution in [2.75, 3.05) is 11.5 Å². The van der Waals surface area contributed by atoms with Crippen LogP contribution in [0.5, 0.6) is 5.75 Å². The van der Waals surface area contributed by atoms with Crippen molar-refractivity contribution in [3.63, 3.8) is 0 Å². The van der Waals surface area contributed by atoms with Gasteiger partial charge in [-0.05, 0) is 43.3 Å². The maximum absolute atomic E-state index is 13.0. The molecule has 0 aliphatic carbocycles. The number of carbonyl (C=O) groups is 1. The monoisotopic (exact) mass is 335 g/mol. The summed E-state index contributed by atoms with van der Waals surface area (Å²) in [4.78, 5) is 14.8. The van der Waals surface area contributed by atoms with Crippen molar-refractivity contribution >= 4 is 11.6 Å². The number of aryl methyl sites for hydroxylation is 1. The van der Waals surface area contributed by atoms with Gasteiger partial charge in [0.25, 0.3) is 5.91 Å². The number of para-hydroxylation sites is 2. The second-order valence-corrected chi connectivity index (χ2v) is 6.01. The maximum atomic E-state index is 13.0. The van der Waals surface area contributed by atoms with Gasteiger partial charge in [0.05, 0.1) is 11.7 Å². The highest BCUT2D eigenvalue weighted by atomic mass is 16.5. The summed E-state index contributed by atoms with van der Waals surface area (Å²) in [5, 5.41) is 7.82. The average molecular weight is 335 g/mol. The number of rotatable bonds is 2. The van der Waals surface area contributed by atoms with Gasteiger partial charge in [-0.25, -0.2) is 0 Å². The lowest BCUT2D eigenvalue weighted by Crippen LogP contribution is -2.45. The number of amides is 1.